The van der Waals surface area contributed by atoms with Crippen LogP contribution in [0.1, 0.15) is 33.6 Å². The van der Waals surface area contributed by atoms with Crippen LogP contribution in [0.25, 0.3) is 0 Å². The third kappa shape index (κ3) is 3.08. The second-order valence-corrected chi connectivity index (χ2v) is 7.46. The number of carbonyl (C=O) groups is 2. The third-order valence-corrected chi connectivity index (χ3v) is 5.60. The smallest absolute Gasteiger partial charge is 0.245 e. The van der Waals surface area contributed by atoms with Gasteiger partial charge in [0.05, 0.1) is 11.8 Å². The number of anilines is 2. The number of nitrogens with one attached hydrogen (secondary N) is 2. The summed E-state index contributed by atoms with van der Waals surface area (Å²) in [6.07, 6.45) is 1.61. The van der Waals surface area contributed by atoms with E-state index in [0.29, 0.717) is 12.3 Å². The summed E-state index contributed by atoms with van der Waals surface area (Å²) in [5.74, 6) is -1.37. The van der Waals surface area contributed by atoms with Gasteiger partial charge < -0.3 is 21.1 Å². The summed E-state index contributed by atoms with van der Waals surface area (Å²) in [4.78, 5) is 24.1. The molecule has 2 aliphatic rings. The Bertz CT molecular complexity index is 728. The fourth-order valence-electron chi connectivity index (χ4n) is 4.16. The van der Waals surface area contributed by atoms with E-state index in [2.05, 4.69) is 10.6 Å². The lowest BCUT2D eigenvalue weighted by Gasteiger charge is -2.65. The number of fused-ring (bicyclic) bond motifs is 1. The predicted molar refractivity (Wildman–Crippen MR) is 99.7 cm³/mol. The molecule has 144 valence electrons. The molecule has 8 heteroatoms. The van der Waals surface area contributed by atoms with Crippen LogP contribution >= 0.6 is 12.4 Å². The number of rotatable bonds is 3. The molecule has 1 heterocycles. The van der Waals surface area contributed by atoms with Crippen molar-refractivity contribution in [3.8, 4) is 0 Å². The molecule has 3 atom stereocenters. The second kappa shape index (κ2) is 7.13. The van der Waals surface area contributed by atoms with Crippen LogP contribution in [0.3, 0.4) is 0 Å². The quantitative estimate of drug-likeness (QED) is 0.745. The van der Waals surface area contributed by atoms with Crippen molar-refractivity contribution in [3.63, 3.8) is 0 Å². The maximum atomic E-state index is 14.1. The Hall–Kier alpha value is -1.70. The number of ether oxygens (including phenoxy) is 1. The van der Waals surface area contributed by atoms with Crippen LogP contribution in [-0.4, -0.2) is 30.1 Å². The molecule has 3 rings (SSSR count). The summed E-state index contributed by atoms with van der Waals surface area (Å²) < 4.78 is 19.9. The molecule has 0 bridgehead atoms. The minimum absolute atomic E-state index is 0. The van der Waals surface area contributed by atoms with Crippen LogP contribution in [0, 0.1) is 17.2 Å². The second-order valence-electron chi connectivity index (χ2n) is 7.46. The van der Waals surface area contributed by atoms with Gasteiger partial charge in [0.25, 0.3) is 0 Å². The molecule has 26 heavy (non-hydrogen) atoms. The lowest BCUT2D eigenvalue weighted by Crippen LogP contribution is -2.81. The van der Waals surface area contributed by atoms with Gasteiger partial charge >= 0.3 is 0 Å². The Morgan fingerprint density at radius 1 is 1.31 bits per heavy atom. The molecule has 1 saturated carbocycles. The van der Waals surface area contributed by atoms with Crippen molar-refractivity contribution >= 4 is 35.6 Å². The van der Waals surface area contributed by atoms with Crippen molar-refractivity contribution in [1.29, 1.82) is 0 Å². The SMILES string of the molecule is CC(=O)Nc1ccc(F)c(NC(=O)C2(N)C3CCCOC3C2(C)C)c1.Cl. The minimum atomic E-state index is -1.13. The molecule has 2 amide bonds. The molecule has 1 aliphatic carbocycles. The Morgan fingerprint density at radius 3 is 2.65 bits per heavy atom. The first kappa shape index (κ1) is 20.6. The highest BCUT2D eigenvalue weighted by Crippen LogP contribution is 2.57. The summed E-state index contributed by atoms with van der Waals surface area (Å²) in [6.45, 7) is 5.85. The molecule has 0 radical (unpaired) electrons. The van der Waals surface area contributed by atoms with Gasteiger partial charge in [0.1, 0.15) is 11.4 Å². The van der Waals surface area contributed by atoms with E-state index < -0.39 is 22.7 Å². The van der Waals surface area contributed by atoms with E-state index in [1.807, 2.05) is 13.8 Å². The van der Waals surface area contributed by atoms with Gasteiger partial charge in [0.2, 0.25) is 11.8 Å². The monoisotopic (exact) mass is 385 g/mol. The summed E-state index contributed by atoms with van der Waals surface area (Å²) in [5, 5.41) is 5.17. The van der Waals surface area contributed by atoms with E-state index >= 15 is 0 Å². The Balaban J connectivity index is 0.00000243. The molecule has 2 fully saturated rings. The molecule has 0 aromatic heterocycles. The molecule has 1 aromatic rings. The number of halogens is 2. The number of hydrogen-bond donors (Lipinski definition) is 3. The number of hydrogen-bond acceptors (Lipinski definition) is 4. The van der Waals surface area contributed by atoms with Crippen LogP contribution in [-0.2, 0) is 14.3 Å². The summed E-state index contributed by atoms with van der Waals surface area (Å²) in [6, 6.07) is 4.02. The van der Waals surface area contributed by atoms with Crippen molar-refractivity contribution in [1.82, 2.24) is 0 Å². The van der Waals surface area contributed by atoms with Gasteiger partial charge in [0, 0.05) is 30.6 Å². The molecular weight excluding hydrogens is 361 g/mol. The van der Waals surface area contributed by atoms with Crippen LogP contribution < -0.4 is 16.4 Å². The largest absolute Gasteiger partial charge is 0.377 e. The van der Waals surface area contributed by atoms with E-state index in [1.165, 1.54) is 25.1 Å². The number of benzene rings is 1. The predicted octanol–water partition coefficient (Wildman–Crippen LogP) is 2.68. The first-order valence-corrected chi connectivity index (χ1v) is 8.47. The van der Waals surface area contributed by atoms with Gasteiger partial charge in [-0.1, -0.05) is 13.8 Å². The van der Waals surface area contributed by atoms with Gasteiger partial charge in [-0.15, -0.1) is 12.4 Å². The fraction of sp³-hybridized carbons (Fsp3) is 0.556. The van der Waals surface area contributed by atoms with E-state index in [1.54, 1.807) is 0 Å². The van der Waals surface area contributed by atoms with Gasteiger partial charge in [-0.25, -0.2) is 4.39 Å². The normalized spacial score (nSPS) is 28.8. The molecule has 6 nitrogen and oxygen atoms in total. The van der Waals surface area contributed by atoms with E-state index in [9.17, 15) is 14.0 Å². The van der Waals surface area contributed by atoms with Gasteiger partial charge in [-0.2, -0.15) is 0 Å². The summed E-state index contributed by atoms with van der Waals surface area (Å²) in [5.41, 5.74) is 5.23. The number of nitrogens with two attached hydrogens (primary N) is 1. The van der Waals surface area contributed by atoms with Gasteiger partial charge in [0.15, 0.2) is 0 Å². The lowest BCUT2D eigenvalue weighted by atomic mass is 9.46. The van der Waals surface area contributed by atoms with Crippen LogP contribution in [0.5, 0.6) is 0 Å². The zero-order chi connectivity index (χ0) is 18.4. The maximum Gasteiger partial charge on any atom is 0.245 e. The standard InChI is InChI=1S/C18H24FN3O3.ClH/c1-10(23)21-11-6-7-13(19)14(9-11)22-16(24)18(20)12-5-4-8-25-15(12)17(18,2)3;/h6-7,9,12,15H,4-5,8,20H2,1-3H3,(H,21,23)(H,22,24);1H. The summed E-state index contributed by atoms with van der Waals surface area (Å²) >= 11 is 0. The zero-order valence-electron chi connectivity index (χ0n) is 15.1. The van der Waals surface area contributed by atoms with Crippen molar-refractivity contribution in [2.45, 2.75) is 45.3 Å². The van der Waals surface area contributed by atoms with Gasteiger partial charge in [-0.3, -0.25) is 9.59 Å². The molecule has 1 aromatic carbocycles. The highest BCUT2D eigenvalue weighted by Gasteiger charge is 2.70. The Labute approximate surface area is 158 Å². The molecular formula is C18H25ClFN3O3. The number of carbonyl (C=O) groups excluding carboxylic acids is 2. The van der Waals surface area contributed by atoms with Crippen LogP contribution in [0.2, 0.25) is 0 Å². The van der Waals surface area contributed by atoms with Gasteiger partial charge in [-0.05, 0) is 31.0 Å². The van der Waals surface area contributed by atoms with Crippen molar-refractivity contribution in [3.05, 3.63) is 24.0 Å². The van der Waals surface area contributed by atoms with Crippen molar-refractivity contribution in [2.75, 3.05) is 17.2 Å². The molecule has 1 aliphatic heterocycles. The lowest BCUT2D eigenvalue weighted by molar-refractivity contribution is -0.222. The highest BCUT2D eigenvalue weighted by molar-refractivity contribution is 6.01. The molecule has 3 unspecified atom stereocenters. The van der Waals surface area contributed by atoms with Crippen LogP contribution in [0.4, 0.5) is 15.8 Å². The molecule has 0 spiro atoms. The topological polar surface area (TPSA) is 93.5 Å². The van der Waals surface area contributed by atoms with Crippen molar-refractivity contribution in [2.24, 2.45) is 17.1 Å². The van der Waals surface area contributed by atoms with Crippen LogP contribution in [0.15, 0.2) is 18.2 Å². The van der Waals surface area contributed by atoms with E-state index in [-0.39, 0.29) is 36.0 Å². The minimum Gasteiger partial charge on any atom is -0.377 e. The average molecular weight is 386 g/mol. The molecule has 1 saturated heterocycles. The first-order chi connectivity index (χ1) is 11.7. The Morgan fingerprint density at radius 2 is 2.00 bits per heavy atom. The zero-order valence-corrected chi connectivity index (χ0v) is 15.9. The molecule has 4 N–H and O–H groups in total. The van der Waals surface area contributed by atoms with E-state index in [0.717, 1.165) is 12.8 Å². The first-order valence-electron chi connectivity index (χ1n) is 8.47. The maximum absolute atomic E-state index is 14.1. The average Bonchev–Trinajstić information content (AvgIpc) is 2.56. The highest BCUT2D eigenvalue weighted by atomic mass is 35.5. The van der Waals surface area contributed by atoms with Crippen molar-refractivity contribution < 1.29 is 18.7 Å². The number of amides is 2. The Kier molecular flexibility index (Phi) is 5.66. The third-order valence-electron chi connectivity index (χ3n) is 5.60. The fourth-order valence-corrected chi connectivity index (χ4v) is 4.16. The summed E-state index contributed by atoms with van der Waals surface area (Å²) in [7, 11) is 0. The van der Waals surface area contributed by atoms with E-state index in [4.69, 9.17) is 10.5 Å².